The van der Waals surface area contributed by atoms with Gasteiger partial charge in [-0.05, 0) is 58.5 Å². The largest absolute Gasteiger partial charge is 0.515 e. The van der Waals surface area contributed by atoms with Crippen LogP contribution in [-0.4, -0.2) is 32.4 Å². The lowest BCUT2D eigenvalue weighted by atomic mass is 10.1. The Hall–Kier alpha value is -3.34. The molecular formula is C20H16IN3O5. The lowest BCUT2D eigenvalue weighted by Crippen LogP contribution is -2.08. The van der Waals surface area contributed by atoms with Gasteiger partial charge in [-0.15, -0.1) is 0 Å². The number of nitrogens with one attached hydrogen (secondary N) is 2. The summed E-state index contributed by atoms with van der Waals surface area (Å²) >= 11 is 2.12. The van der Waals surface area contributed by atoms with Crippen molar-refractivity contribution in [3.05, 3.63) is 73.8 Å². The van der Waals surface area contributed by atoms with Crippen molar-refractivity contribution < 1.29 is 20.1 Å². The van der Waals surface area contributed by atoms with E-state index >= 15 is 0 Å². The molecule has 5 N–H and O–H groups in total. The second-order valence-corrected chi connectivity index (χ2v) is 7.28. The first kappa shape index (κ1) is 20.4. The SMILES string of the molecule is O=C(/C=C\O)Nc1ccc(CN=Cc2c(O)[nH]c(=O)c3ccc(I)cc23)cc1O. The zero-order chi connectivity index (χ0) is 21.0. The fraction of sp³-hybridized carbons (Fsp3) is 0.0500. The number of aromatic nitrogens is 1. The third kappa shape index (κ3) is 4.74. The molecule has 148 valence electrons. The number of aliphatic imine (C=N–C) groups is 1. The van der Waals surface area contributed by atoms with Crippen molar-refractivity contribution in [2.24, 2.45) is 4.99 Å². The molecule has 29 heavy (non-hydrogen) atoms. The van der Waals surface area contributed by atoms with Gasteiger partial charge in [-0.1, -0.05) is 6.07 Å². The standard InChI is InChI=1S/C20H16IN3O5/c21-12-2-3-13-14(8-12)15(20(29)24-19(13)28)10-22-9-11-1-4-16(17(26)7-11)23-18(27)5-6-25/h1-8,10,25-26H,9H2,(H,23,27)(H2,24,28,29)/b6-5-,22-10?. The number of phenols is 1. The van der Waals surface area contributed by atoms with Crippen molar-refractivity contribution >= 4 is 51.2 Å². The zero-order valence-corrected chi connectivity index (χ0v) is 17.0. The maximum Gasteiger partial charge on any atom is 0.258 e. The number of carbonyl (C=O) groups is 1. The number of hydrogen-bond donors (Lipinski definition) is 5. The number of hydrogen-bond acceptors (Lipinski definition) is 6. The van der Waals surface area contributed by atoms with Gasteiger partial charge in [-0.25, -0.2) is 0 Å². The predicted octanol–water partition coefficient (Wildman–Crippen LogP) is 3.17. The lowest BCUT2D eigenvalue weighted by Gasteiger charge is -2.07. The number of aliphatic hydroxyl groups excluding tert-OH is 1. The number of benzene rings is 2. The number of H-pyrrole nitrogens is 1. The lowest BCUT2D eigenvalue weighted by molar-refractivity contribution is -0.112. The number of rotatable bonds is 5. The van der Waals surface area contributed by atoms with Crippen LogP contribution in [0.15, 0.2) is 58.5 Å². The van der Waals surface area contributed by atoms with Gasteiger partial charge in [0.25, 0.3) is 11.5 Å². The van der Waals surface area contributed by atoms with E-state index in [-0.39, 0.29) is 29.4 Å². The molecule has 0 radical (unpaired) electrons. The topological polar surface area (TPSA) is 135 Å². The van der Waals surface area contributed by atoms with Crippen LogP contribution < -0.4 is 10.9 Å². The Bertz CT molecular complexity index is 1200. The Kier molecular flexibility index (Phi) is 6.17. The summed E-state index contributed by atoms with van der Waals surface area (Å²) in [6, 6.07) is 9.90. The Morgan fingerprint density at radius 2 is 1.97 bits per heavy atom. The number of amides is 1. The number of aromatic hydroxyl groups is 2. The normalized spacial score (nSPS) is 11.5. The molecule has 3 aromatic rings. The highest BCUT2D eigenvalue weighted by Gasteiger charge is 2.10. The molecule has 1 amide bonds. The van der Waals surface area contributed by atoms with Crippen LogP contribution in [-0.2, 0) is 11.3 Å². The number of anilines is 1. The smallest absolute Gasteiger partial charge is 0.258 e. The van der Waals surface area contributed by atoms with Crippen LogP contribution in [0.2, 0.25) is 0 Å². The van der Waals surface area contributed by atoms with Gasteiger partial charge < -0.3 is 20.6 Å². The molecule has 3 rings (SSSR count). The molecule has 1 heterocycles. The summed E-state index contributed by atoms with van der Waals surface area (Å²) in [5.41, 5.74) is 0.864. The summed E-state index contributed by atoms with van der Waals surface area (Å²) in [6.07, 6.45) is 2.98. The van der Waals surface area contributed by atoms with Crippen LogP contribution in [0.4, 0.5) is 5.69 Å². The average Bonchev–Trinajstić information content (AvgIpc) is 2.66. The molecule has 0 aliphatic carbocycles. The molecule has 9 heteroatoms. The molecule has 8 nitrogen and oxygen atoms in total. The van der Waals surface area contributed by atoms with E-state index < -0.39 is 5.91 Å². The molecule has 0 spiro atoms. The summed E-state index contributed by atoms with van der Waals surface area (Å²) in [5.74, 6) is -1.00. The van der Waals surface area contributed by atoms with Crippen LogP contribution in [0.3, 0.4) is 0 Å². The van der Waals surface area contributed by atoms with Gasteiger partial charge in [0.05, 0.1) is 24.1 Å². The van der Waals surface area contributed by atoms with Gasteiger partial charge in [0.15, 0.2) is 0 Å². The van der Waals surface area contributed by atoms with E-state index in [1.165, 1.54) is 18.3 Å². The number of pyridine rings is 1. The summed E-state index contributed by atoms with van der Waals surface area (Å²) < 4.78 is 0.911. The molecule has 0 fully saturated rings. The van der Waals surface area contributed by atoms with Crippen LogP contribution in [0, 0.1) is 3.57 Å². The first-order valence-corrected chi connectivity index (χ1v) is 9.45. The summed E-state index contributed by atoms with van der Waals surface area (Å²) in [4.78, 5) is 30.1. The van der Waals surface area contributed by atoms with Gasteiger partial charge in [-0.3, -0.25) is 19.6 Å². The molecule has 0 saturated heterocycles. The van der Waals surface area contributed by atoms with E-state index in [1.54, 1.807) is 24.3 Å². The molecule has 0 aliphatic heterocycles. The molecule has 0 atom stereocenters. The molecule has 0 saturated carbocycles. The summed E-state index contributed by atoms with van der Waals surface area (Å²) in [5, 5.41) is 32.2. The van der Waals surface area contributed by atoms with Crippen LogP contribution >= 0.6 is 22.6 Å². The van der Waals surface area contributed by atoms with Gasteiger partial charge in [0, 0.05) is 26.6 Å². The van der Waals surface area contributed by atoms with E-state index in [1.807, 2.05) is 0 Å². The molecule has 0 unspecified atom stereocenters. The van der Waals surface area contributed by atoms with E-state index in [9.17, 15) is 19.8 Å². The van der Waals surface area contributed by atoms with Gasteiger partial charge in [-0.2, -0.15) is 0 Å². The number of halogens is 1. The highest BCUT2D eigenvalue weighted by molar-refractivity contribution is 14.1. The third-order valence-electron chi connectivity index (χ3n) is 4.04. The van der Waals surface area contributed by atoms with Gasteiger partial charge in [0.1, 0.15) is 5.75 Å². The monoisotopic (exact) mass is 505 g/mol. The maximum absolute atomic E-state index is 12.0. The van der Waals surface area contributed by atoms with Crippen LogP contribution in [0.5, 0.6) is 11.6 Å². The zero-order valence-electron chi connectivity index (χ0n) is 14.9. The van der Waals surface area contributed by atoms with Crippen molar-refractivity contribution in [2.45, 2.75) is 6.54 Å². The van der Waals surface area contributed by atoms with Crippen LogP contribution in [0.25, 0.3) is 10.8 Å². The highest BCUT2D eigenvalue weighted by atomic mass is 127. The van der Waals surface area contributed by atoms with E-state index in [0.29, 0.717) is 28.2 Å². The minimum absolute atomic E-state index is 0.149. The Labute approximate surface area is 178 Å². The number of carbonyl (C=O) groups excluding carboxylic acids is 1. The number of aliphatic hydroxyl groups is 1. The molecule has 0 aliphatic rings. The number of nitrogens with zero attached hydrogens (tertiary/aromatic N) is 1. The Morgan fingerprint density at radius 1 is 1.17 bits per heavy atom. The molecular weight excluding hydrogens is 489 g/mol. The van der Waals surface area contributed by atoms with Crippen molar-refractivity contribution in [3.8, 4) is 11.6 Å². The summed E-state index contributed by atoms with van der Waals surface area (Å²) in [6.45, 7) is 0.197. The quantitative estimate of drug-likeness (QED) is 0.119. The minimum atomic E-state index is -0.580. The fourth-order valence-corrected chi connectivity index (χ4v) is 3.19. The first-order valence-electron chi connectivity index (χ1n) is 8.37. The molecule has 1 aromatic heterocycles. The van der Waals surface area contributed by atoms with Crippen molar-refractivity contribution in [2.75, 3.05) is 5.32 Å². The third-order valence-corrected chi connectivity index (χ3v) is 4.71. The van der Waals surface area contributed by atoms with Crippen molar-refractivity contribution in [1.29, 1.82) is 0 Å². The van der Waals surface area contributed by atoms with Crippen molar-refractivity contribution in [1.82, 2.24) is 4.98 Å². The first-order chi connectivity index (χ1) is 13.9. The minimum Gasteiger partial charge on any atom is -0.515 e. The second kappa shape index (κ2) is 8.78. The maximum atomic E-state index is 12.0. The number of fused-ring (bicyclic) bond motifs is 1. The Balaban J connectivity index is 1.83. The molecule has 2 aromatic carbocycles. The van der Waals surface area contributed by atoms with E-state index in [0.717, 1.165) is 9.65 Å². The summed E-state index contributed by atoms with van der Waals surface area (Å²) in [7, 11) is 0. The van der Waals surface area contributed by atoms with E-state index in [2.05, 4.69) is 37.9 Å². The Morgan fingerprint density at radius 3 is 2.69 bits per heavy atom. The van der Waals surface area contributed by atoms with Crippen LogP contribution in [0.1, 0.15) is 11.1 Å². The number of phenolic OH excluding ortho intramolecular Hbond substituents is 1. The molecule has 0 bridgehead atoms. The van der Waals surface area contributed by atoms with Gasteiger partial charge >= 0.3 is 0 Å². The second-order valence-electron chi connectivity index (χ2n) is 6.03. The van der Waals surface area contributed by atoms with Crippen molar-refractivity contribution in [3.63, 3.8) is 0 Å². The predicted molar refractivity (Wildman–Crippen MR) is 119 cm³/mol. The van der Waals surface area contributed by atoms with E-state index in [4.69, 9.17) is 5.11 Å². The van der Waals surface area contributed by atoms with Gasteiger partial charge in [0.2, 0.25) is 5.88 Å². The number of aromatic amines is 1. The average molecular weight is 505 g/mol. The fourth-order valence-electron chi connectivity index (χ4n) is 2.70. The highest BCUT2D eigenvalue weighted by Crippen LogP contribution is 2.25.